The predicted octanol–water partition coefficient (Wildman–Crippen LogP) is 3.91. The van der Waals surface area contributed by atoms with E-state index in [0.717, 1.165) is 44.8 Å². The van der Waals surface area contributed by atoms with Crippen LogP contribution in [0.3, 0.4) is 0 Å². The van der Waals surface area contributed by atoms with Crippen LogP contribution < -0.4 is 15.5 Å². The molecule has 7 nitrogen and oxygen atoms in total. The lowest BCUT2D eigenvalue weighted by atomic mass is 9.85. The minimum absolute atomic E-state index is 0.231. The van der Waals surface area contributed by atoms with Crippen molar-refractivity contribution in [2.45, 2.75) is 31.4 Å². The molecule has 1 saturated heterocycles. The van der Waals surface area contributed by atoms with Crippen LogP contribution in [0.25, 0.3) is 0 Å². The quantitative estimate of drug-likeness (QED) is 0.439. The topological polar surface area (TPSA) is 80.7 Å². The number of nitrogens with zero attached hydrogens (tertiary/aromatic N) is 3. The largest absolute Gasteiger partial charge is 0.389 e. The number of carbonyl (C=O) groups excluding carboxylic acids is 1. The number of pyridine rings is 1. The van der Waals surface area contributed by atoms with Crippen molar-refractivity contribution in [1.29, 1.82) is 0 Å². The van der Waals surface area contributed by atoms with Gasteiger partial charge in [0.15, 0.2) is 0 Å². The second-order valence-electron chi connectivity index (χ2n) is 9.35. The van der Waals surface area contributed by atoms with Gasteiger partial charge in [0.2, 0.25) is 0 Å². The maximum absolute atomic E-state index is 12.4. The molecule has 2 amide bonds. The Bertz CT molecular complexity index is 1070. The minimum Gasteiger partial charge on any atom is -0.389 e. The Morgan fingerprint density at radius 1 is 1.03 bits per heavy atom. The average Bonchev–Trinajstić information content (AvgIpc) is 2.87. The highest BCUT2D eigenvalue weighted by Crippen LogP contribution is 2.26. The van der Waals surface area contributed by atoms with Crippen LogP contribution in [0.5, 0.6) is 0 Å². The van der Waals surface area contributed by atoms with Gasteiger partial charge in [-0.3, -0.25) is 0 Å². The first-order valence-corrected chi connectivity index (χ1v) is 12.2. The number of hydrogen-bond donors (Lipinski definition) is 3. The van der Waals surface area contributed by atoms with Crippen molar-refractivity contribution in [3.63, 3.8) is 0 Å². The van der Waals surface area contributed by atoms with Crippen molar-refractivity contribution in [3.05, 3.63) is 90.1 Å². The molecule has 0 spiro atoms. The lowest BCUT2D eigenvalue weighted by molar-refractivity contribution is -0.0201. The molecule has 0 bridgehead atoms. The molecule has 0 radical (unpaired) electrons. The molecule has 1 aliphatic rings. The van der Waals surface area contributed by atoms with E-state index in [0.29, 0.717) is 18.7 Å². The van der Waals surface area contributed by atoms with Gasteiger partial charge in [0, 0.05) is 64.1 Å². The summed E-state index contributed by atoms with van der Waals surface area (Å²) in [6.07, 6.45) is 3.88. The highest BCUT2D eigenvalue weighted by atomic mass is 16.3. The molecule has 3 aromatic rings. The van der Waals surface area contributed by atoms with Crippen LogP contribution in [-0.4, -0.2) is 59.8 Å². The third-order valence-electron chi connectivity index (χ3n) is 6.53. The number of rotatable bonds is 9. The second kappa shape index (κ2) is 11.8. The van der Waals surface area contributed by atoms with Gasteiger partial charge in [-0.2, -0.15) is 0 Å². The number of amides is 2. The van der Waals surface area contributed by atoms with Gasteiger partial charge in [-0.25, -0.2) is 9.78 Å². The Morgan fingerprint density at radius 2 is 1.69 bits per heavy atom. The molecule has 0 saturated carbocycles. The Balaban J connectivity index is 1.18. The zero-order valence-corrected chi connectivity index (χ0v) is 20.4. The first-order valence-electron chi connectivity index (χ1n) is 12.2. The Hall–Kier alpha value is -3.42. The van der Waals surface area contributed by atoms with Crippen molar-refractivity contribution in [1.82, 2.24) is 15.2 Å². The van der Waals surface area contributed by atoms with E-state index in [4.69, 9.17) is 0 Å². The van der Waals surface area contributed by atoms with Gasteiger partial charge in [-0.15, -0.1) is 0 Å². The van der Waals surface area contributed by atoms with Crippen molar-refractivity contribution >= 4 is 17.5 Å². The van der Waals surface area contributed by atoms with Gasteiger partial charge in [-0.1, -0.05) is 60.7 Å². The Labute approximate surface area is 207 Å². The highest BCUT2D eigenvalue weighted by Gasteiger charge is 2.32. The van der Waals surface area contributed by atoms with Crippen molar-refractivity contribution in [2.75, 3.05) is 43.4 Å². The van der Waals surface area contributed by atoms with E-state index in [-0.39, 0.29) is 6.03 Å². The van der Waals surface area contributed by atoms with E-state index >= 15 is 0 Å². The number of carbonyl (C=O) groups is 1. The summed E-state index contributed by atoms with van der Waals surface area (Å²) in [6, 6.07) is 23.8. The first-order chi connectivity index (χ1) is 17.0. The van der Waals surface area contributed by atoms with Crippen molar-refractivity contribution < 1.29 is 9.90 Å². The number of hydrogen-bond acceptors (Lipinski definition) is 5. The van der Waals surface area contributed by atoms with Gasteiger partial charge in [0.1, 0.15) is 5.82 Å². The molecule has 3 N–H and O–H groups in total. The molecule has 184 valence electrons. The molecule has 7 heteroatoms. The van der Waals surface area contributed by atoms with Gasteiger partial charge in [0.05, 0.1) is 5.60 Å². The molecule has 0 unspecified atom stereocenters. The number of benzene rings is 2. The summed E-state index contributed by atoms with van der Waals surface area (Å²) in [5.74, 6) is 0.794. The first kappa shape index (κ1) is 24.7. The third-order valence-corrected chi connectivity index (χ3v) is 6.53. The fourth-order valence-corrected chi connectivity index (χ4v) is 4.49. The number of likely N-dealkylation sites (tertiary alicyclic amines) is 1. The summed E-state index contributed by atoms with van der Waals surface area (Å²) in [6.45, 7) is 3.70. The molecule has 0 aliphatic carbocycles. The molecule has 1 fully saturated rings. The molecular weight excluding hydrogens is 438 g/mol. The maximum atomic E-state index is 12.4. The van der Waals surface area contributed by atoms with Crippen LogP contribution in [-0.2, 0) is 13.0 Å². The van der Waals surface area contributed by atoms with E-state index < -0.39 is 5.60 Å². The van der Waals surface area contributed by atoms with Crippen molar-refractivity contribution in [3.8, 4) is 0 Å². The van der Waals surface area contributed by atoms with Crippen molar-refractivity contribution in [2.24, 2.45) is 0 Å². The predicted molar refractivity (Wildman–Crippen MR) is 141 cm³/mol. The van der Waals surface area contributed by atoms with Crippen LogP contribution in [0.1, 0.15) is 24.0 Å². The van der Waals surface area contributed by atoms with Crippen LogP contribution in [0, 0.1) is 0 Å². The zero-order valence-electron chi connectivity index (χ0n) is 20.4. The molecule has 2 heterocycles. The monoisotopic (exact) mass is 473 g/mol. The molecule has 0 atom stereocenters. The van der Waals surface area contributed by atoms with Crippen LogP contribution >= 0.6 is 0 Å². The fourth-order valence-electron chi connectivity index (χ4n) is 4.49. The molecule has 2 aromatic carbocycles. The number of aliphatic hydroxyl groups is 1. The van der Waals surface area contributed by atoms with E-state index in [2.05, 4.69) is 44.8 Å². The van der Waals surface area contributed by atoms with Crippen LogP contribution in [0.2, 0.25) is 0 Å². The van der Waals surface area contributed by atoms with Gasteiger partial charge >= 0.3 is 6.03 Å². The maximum Gasteiger partial charge on any atom is 0.319 e. The van der Waals surface area contributed by atoms with E-state index in [1.54, 1.807) is 12.3 Å². The number of aromatic nitrogens is 1. The number of anilines is 2. The van der Waals surface area contributed by atoms with Gasteiger partial charge < -0.3 is 25.5 Å². The van der Waals surface area contributed by atoms with E-state index in [9.17, 15) is 9.90 Å². The normalized spacial score (nSPS) is 15.4. The average molecular weight is 474 g/mol. The molecule has 4 rings (SSSR count). The molecule has 35 heavy (non-hydrogen) atoms. The molecular formula is C28H35N5O2. The summed E-state index contributed by atoms with van der Waals surface area (Å²) in [4.78, 5) is 21.2. The summed E-state index contributed by atoms with van der Waals surface area (Å²) in [5.41, 5.74) is 2.43. The summed E-state index contributed by atoms with van der Waals surface area (Å²) in [5, 5.41) is 16.8. The lowest BCUT2D eigenvalue weighted by Crippen LogP contribution is -2.47. The van der Waals surface area contributed by atoms with Gasteiger partial charge in [-0.05, 0) is 30.0 Å². The standard InChI is InChI=1S/C28H35N5O2/c1-32(22-24-10-6-3-7-11-24)26-20-25(12-15-29-26)31-27(34)30-16-19-33-17-13-28(35,14-18-33)21-23-8-4-2-5-9-23/h2-12,15,20,35H,13-14,16-19,21-22H2,1H3,(H2,29,30,31,34). The number of urea groups is 1. The third kappa shape index (κ3) is 7.53. The second-order valence-corrected chi connectivity index (χ2v) is 9.35. The minimum atomic E-state index is -0.643. The summed E-state index contributed by atoms with van der Waals surface area (Å²) < 4.78 is 0. The number of piperidine rings is 1. The van der Waals surface area contributed by atoms with Crippen LogP contribution in [0.15, 0.2) is 79.0 Å². The molecule has 1 aliphatic heterocycles. The molecule has 1 aromatic heterocycles. The fraction of sp³-hybridized carbons (Fsp3) is 0.357. The summed E-state index contributed by atoms with van der Waals surface area (Å²) >= 11 is 0. The number of nitrogens with one attached hydrogen (secondary N) is 2. The summed E-state index contributed by atoms with van der Waals surface area (Å²) in [7, 11) is 1.98. The van der Waals surface area contributed by atoms with Gasteiger partial charge in [0.25, 0.3) is 0 Å². The Kier molecular flexibility index (Phi) is 8.34. The zero-order chi connectivity index (χ0) is 24.5. The van der Waals surface area contributed by atoms with E-state index in [1.165, 1.54) is 11.1 Å². The smallest absolute Gasteiger partial charge is 0.319 e. The SMILES string of the molecule is CN(Cc1ccccc1)c1cc(NC(=O)NCCN2CCC(O)(Cc3ccccc3)CC2)ccn1. The highest BCUT2D eigenvalue weighted by molar-refractivity contribution is 5.89. The van der Waals surface area contributed by atoms with Crippen LogP contribution in [0.4, 0.5) is 16.3 Å². The van der Waals surface area contributed by atoms with E-state index in [1.807, 2.05) is 54.4 Å². The lowest BCUT2D eigenvalue weighted by Gasteiger charge is -2.38. The Morgan fingerprint density at radius 3 is 2.37 bits per heavy atom.